The highest BCUT2D eigenvalue weighted by atomic mass is 79.9. The van der Waals surface area contributed by atoms with Gasteiger partial charge in [-0.05, 0) is 53.6 Å². The van der Waals surface area contributed by atoms with Gasteiger partial charge in [0.25, 0.3) is 5.91 Å². The summed E-state index contributed by atoms with van der Waals surface area (Å²) in [5, 5.41) is 11.8. The van der Waals surface area contributed by atoms with Crippen molar-refractivity contribution in [2.24, 2.45) is 0 Å². The van der Waals surface area contributed by atoms with Gasteiger partial charge in [0.2, 0.25) is 0 Å². The Hall–Kier alpha value is -3.70. The molecule has 1 amide bonds. The van der Waals surface area contributed by atoms with Gasteiger partial charge in [-0.15, -0.1) is 0 Å². The van der Waals surface area contributed by atoms with Crippen molar-refractivity contribution in [3.05, 3.63) is 93.5 Å². The van der Waals surface area contributed by atoms with E-state index in [-0.39, 0.29) is 23.7 Å². The van der Waals surface area contributed by atoms with Crippen molar-refractivity contribution in [2.75, 3.05) is 12.4 Å². The highest BCUT2D eigenvalue weighted by molar-refractivity contribution is 9.10. The number of carbonyl (C=O) groups is 1. The Morgan fingerprint density at radius 1 is 1.12 bits per heavy atom. The van der Waals surface area contributed by atoms with Crippen LogP contribution in [0.15, 0.2) is 70.7 Å². The maximum absolute atomic E-state index is 13.8. The molecule has 0 spiro atoms. The Bertz CT molecular complexity index is 1200. The molecule has 32 heavy (non-hydrogen) atoms. The predicted octanol–water partition coefficient (Wildman–Crippen LogP) is 5.86. The summed E-state index contributed by atoms with van der Waals surface area (Å²) < 4.78 is 38.5. The van der Waals surface area contributed by atoms with Crippen LogP contribution in [0, 0.1) is 23.0 Å². The van der Waals surface area contributed by atoms with Crippen LogP contribution in [0.3, 0.4) is 0 Å². The number of hydrogen-bond donors (Lipinski definition) is 1. The number of nitriles is 1. The normalized spacial score (nSPS) is 10.9. The van der Waals surface area contributed by atoms with Gasteiger partial charge in [-0.25, -0.2) is 8.78 Å². The molecule has 0 radical (unpaired) electrons. The minimum atomic E-state index is -0.750. The lowest BCUT2D eigenvalue weighted by atomic mass is 10.1. The number of nitrogens with one attached hydrogen (secondary N) is 1. The molecule has 0 heterocycles. The monoisotopic (exact) mass is 498 g/mol. The molecule has 0 aromatic heterocycles. The number of ether oxygens (including phenoxy) is 2. The maximum atomic E-state index is 13.8. The van der Waals surface area contributed by atoms with Crippen LogP contribution in [-0.4, -0.2) is 13.0 Å². The Labute approximate surface area is 192 Å². The second kappa shape index (κ2) is 10.6. The second-order valence-electron chi connectivity index (χ2n) is 6.54. The lowest BCUT2D eigenvalue weighted by Gasteiger charge is -2.13. The molecule has 162 valence electrons. The van der Waals surface area contributed by atoms with Crippen LogP contribution < -0.4 is 14.8 Å². The molecule has 3 aromatic carbocycles. The van der Waals surface area contributed by atoms with E-state index < -0.39 is 11.7 Å². The number of anilines is 1. The number of halogens is 3. The van der Waals surface area contributed by atoms with E-state index >= 15 is 0 Å². The van der Waals surface area contributed by atoms with Gasteiger partial charge in [0, 0.05) is 4.47 Å². The third-order valence-corrected chi connectivity index (χ3v) is 5.06. The van der Waals surface area contributed by atoms with Crippen LogP contribution in [0.1, 0.15) is 11.1 Å². The highest BCUT2D eigenvalue weighted by Crippen LogP contribution is 2.35. The molecule has 1 N–H and O–H groups in total. The summed E-state index contributed by atoms with van der Waals surface area (Å²) in [6.07, 6.45) is 1.35. The highest BCUT2D eigenvalue weighted by Gasteiger charge is 2.15. The first-order valence-electron chi connectivity index (χ1n) is 9.33. The molecule has 0 saturated carbocycles. The van der Waals surface area contributed by atoms with Gasteiger partial charge in [0.1, 0.15) is 29.9 Å². The molecule has 0 aliphatic carbocycles. The van der Waals surface area contributed by atoms with Gasteiger partial charge in [0.05, 0.1) is 12.8 Å². The average molecular weight is 499 g/mol. The van der Waals surface area contributed by atoms with Crippen molar-refractivity contribution in [3.8, 4) is 17.6 Å². The average Bonchev–Trinajstić information content (AvgIpc) is 2.79. The van der Waals surface area contributed by atoms with E-state index in [0.717, 1.165) is 5.56 Å². The number of hydrogen-bond acceptors (Lipinski definition) is 4. The van der Waals surface area contributed by atoms with Gasteiger partial charge in [0.15, 0.2) is 11.5 Å². The van der Waals surface area contributed by atoms with Crippen molar-refractivity contribution >= 4 is 33.6 Å². The number of methoxy groups -OCH3 is 1. The predicted molar refractivity (Wildman–Crippen MR) is 120 cm³/mol. The topological polar surface area (TPSA) is 71.3 Å². The van der Waals surface area contributed by atoms with E-state index in [1.165, 1.54) is 43.5 Å². The van der Waals surface area contributed by atoms with E-state index in [0.29, 0.717) is 21.5 Å². The van der Waals surface area contributed by atoms with Gasteiger partial charge >= 0.3 is 0 Å². The van der Waals surface area contributed by atoms with Crippen molar-refractivity contribution in [1.82, 2.24) is 0 Å². The maximum Gasteiger partial charge on any atom is 0.266 e. The molecule has 5 nitrogen and oxygen atoms in total. The first-order valence-corrected chi connectivity index (χ1v) is 10.1. The number of carbonyl (C=O) groups excluding carboxylic acids is 1. The first-order chi connectivity index (χ1) is 15.4. The SMILES string of the molecule is COc1cc(/C=C(/C#N)C(=O)Nc2ccccc2F)c(Br)cc1OCc1ccc(F)cc1. The number of rotatable bonds is 7. The minimum Gasteiger partial charge on any atom is -0.493 e. The smallest absolute Gasteiger partial charge is 0.266 e. The number of nitrogens with zero attached hydrogens (tertiary/aromatic N) is 1. The summed E-state index contributed by atoms with van der Waals surface area (Å²) in [5.41, 5.74) is 0.997. The van der Waals surface area contributed by atoms with E-state index in [2.05, 4.69) is 21.2 Å². The van der Waals surface area contributed by atoms with Crippen LogP contribution in [0.4, 0.5) is 14.5 Å². The Morgan fingerprint density at radius 3 is 2.50 bits per heavy atom. The van der Waals surface area contributed by atoms with Gasteiger partial charge in [-0.1, -0.05) is 40.2 Å². The summed E-state index contributed by atoms with van der Waals surface area (Å²) in [7, 11) is 1.46. The van der Waals surface area contributed by atoms with Crippen LogP contribution in [0.25, 0.3) is 6.08 Å². The first kappa shape index (κ1) is 23.0. The van der Waals surface area contributed by atoms with E-state index in [1.54, 1.807) is 30.3 Å². The molecule has 0 fully saturated rings. The van der Waals surface area contributed by atoms with Crippen LogP contribution >= 0.6 is 15.9 Å². The minimum absolute atomic E-state index is 0.0279. The summed E-state index contributed by atoms with van der Waals surface area (Å²) in [5.74, 6) is -0.912. The summed E-state index contributed by atoms with van der Waals surface area (Å²) in [6.45, 7) is 0.187. The molecular weight excluding hydrogens is 482 g/mol. The second-order valence-corrected chi connectivity index (χ2v) is 7.40. The van der Waals surface area contributed by atoms with Crippen molar-refractivity contribution in [1.29, 1.82) is 5.26 Å². The fourth-order valence-electron chi connectivity index (χ4n) is 2.73. The zero-order valence-electron chi connectivity index (χ0n) is 16.9. The fraction of sp³-hybridized carbons (Fsp3) is 0.0833. The molecule has 0 atom stereocenters. The van der Waals surface area contributed by atoms with Crippen LogP contribution in [-0.2, 0) is 11.4 Å². The number of para-hydroxylation sites is 1. The molecule has 0 saturated heterocycles. The van der Waals surface area contributed by atoms with Crippen LogP contribution in [0.2, 0.25) is 0 Å². The molecule has 0 aliphatic rings. The Balaban J connectivity index is 1.82. The lowest BCUT2D eigenvalue weighted by molar-refractivity contribution is -0.112. The molecule has 3 rings (SSSR count). The van der Waals surface area contributed by atoms with Gasteiger partial charge in [-0.3, -0.25) is 4.79 Å². The number of benzene rings is 3. The molecule has 8 heteroatoms. The van der Waals surface area contributed by atoms with Crippen molar-refractivity contribution < 1.29 is 23.0 Å². The van der Waals surface area contributed by atoms with Gasteiger partial charge < -0.3 is 14.8 Å². The van der Waals surface area contributed by atoms with Crippen molar-refractivity contribution in [2.45, 2.75) is 6.61 Å². The summed E-state index contributed by atoms with van der Waals surface area (Å²) in [4.78, 5) is 12.4. The van der Waals surface area contributed by atoms with Crippen LogP contribution in [0.5, 0.6) is 11.5 Å². The fourth-order valence-corrected chi connectivity index (χ4v) is 3.17. The molecule has 0 bridgehead atoms. The van der Waals surface area contributed by atoms with E-state index in [9.17, 15) is 18.8 Å². The quantitative estimate of drug-likeness (QED) is 0.327. The standard InChI is InChI=1S/C24H17BrF2N2O3/c1-31-22-11-16(10-17(13-28)24(30)29-21-5-3-2-4-20(21)27)19(25)12-23(22)32-14-15-6-8-18(26)9-7-15/h2-12H,14H2,1H3,(H,29,30)/b17-10-. The largest absolute Gasteiger partial charge is 0.493 e. The number of amides is 1. The Morgan fingerprint density at radius 2 is 1.84 bits per heavy atom. The third-order valence-electron chi connectivity index (χ3n) is 4.38. The zero-order chi connectivity index (χ0) is 23.1. The molecule has 0 aliphatic heterocycles. The Kier molecular flexibility index (Phi) is 7.58. The molecular formula is C24H17BrF2N2O3. The van der Waals surface area contributed by atoms with Gasteiger partial charge in [-0.2, -0.15) is 5.26 Å². The van der Waals surface area contributed by atoms with E-state index in [1.807, 2.05) is 6.07 Å². The van der Waals surface area contributed by atoms with E-state index in [4.69, 9.17) is 9.47 Å². The molecule has 3 aromatic rings. The third kappa shape index (κ3) is 5.71. The zero-order valence-corrected chi connectivity index (χ0v) is 18.4. The molecule has 0 unspecified atom stereocenters. The van der Waals surface area contributed by atoms with Crippen molar-refractivity contribution in [3.63, 3.8) is 0 Å². The summed E-state index contributed by atoms with van der Waals surface area (Å²) >= 11 is 3.40. The lowest BCUT2D eigenvalue weighted by Crippen LogP contribution is -2.14. The summed E-state index contributed by atoms with van der Waals surface area (Å²) in [6, 6.07) is 16.6.